The Morgan fingerprint density at radius 3 is 2.57 bits per heavy atom. The van der Waals surface area contributed by atoms with Crippen LogP contribution in [-0.4, -0.2) is 39.5 Å². The zero-order valence-electron chi connectivity index (χ0n) is 12.6. The van der Waals surface area contributed by atoms with Gasteiger partial charge in [-0.2, -0.15) is 0 Å². The molecule has 1 aliphatic carbocycles. The summed E-state index contributed by atoms with van der Waals surface area (Å²) in [4.78, 5) is 23.9. The van der Waals surface area contributed by atoms with Crippen LogP contribution < -0.4 is 10.0 Å². The number of benzene rings is 1. The Bertz CT molecular complexity index is 731. The second kappa shape index (κ2) is 6.98. The molecule has 1 fully saturated rings. The molecule has 0 spiro atoms. The van der Waals surface area contributed by atoms with E-state index in [2.05, 4.69) is 26.0 Å². The summed E-state index contributed by atoms with van der Waals surface area (Å²) in [5, 5.41) is 2.74. The number of sulfonamides is 1. The minimum Gasteiger partial charge on any atom is -0.449 e. The molecule has 126 valence electrons. The maximum atomic E-state index is 12.2. The maximum Gasteiger partial charge on any atom is 0.340 e. The number of rotatable bonds is 6. The Hall–Kier alpha value is -1.45. The van der Waals surface area contributed by atoms with Gasteiger partial charge in [0.05, 0.1) is 10.5 Å². The smallest absolute Gasteiger partial charge is 0.340 e. The van der Waals surface area contributed by atoms with Crippen molar-refractivity contribution in [3.63, 3.8) is 0 Å². The number of hydrogen-bond acceptors (Lipinski definition) is 5. The number of hydrogen-bond donors (Lipinski definition) is 2. The van der Waals surface area contributed by atoms with E-state index in [1.165, 1.54) is 32.2 Å². The van der Waals surface area contributed by atoms with Gasteiger partial charge in [0, 0.05) is 10.5 Å². The van der Waals surface area contributed by atoms with Gasteiger partial charge < -0.3 is 10.1 Å². The second-order valence-electron chi connectivity index (χ2n) is 5.18. The molecule has 2 rings (SSSR count). The van der Waals surface area contributed by atoms with Crippen LogP contribution in [-0.2, 0) is 19.6 Å². The average Bonchev–Trinajstić information content (AvgIpc) is 3.31. The molecule has 1 saturated carbocycles. The number of nitrogens with one attached hydrogen (secondary N) is 2. The van der Waals surface area contributed by atoms with Gasteiger partial charge in [-0.05, 0) is 60.9 Å². The van der Waals surface area contributed by atoms with Crippen molar-refractivity contribution in [3.05, 3.63) is 28.2 Å². The highest BCUT2D eigenvalue weighted by molar-refractivity contribution is 9.10. The summed E-state index contributed by atoms with van der Waals surface area (Å²) in [6.45, 7) is 1.47. The molecule has 1 atom stereocenters. The Kier molecular flexibility index (Phi) is 5.43. The van der Waals surface area contributed by atoms with Gasteiger partial charge in [0.2, 0.25) is 10.0 Å². The first kappa shape index (κ1) is 17.9. The Balaban J connectivity index is 2.14. The molecule has 2 N–H and O–H groups in total. The molecule has 1 aromatic rings. The molecule has 0 saturated heterocycles. The minimum atomic E-state index is -3.68. The van der Waals surface area contributed by atoms with E-state index in [4.69, 9.17) is 4.74 Å². The van der Waals surface area contributed by atoms with Crippen molar-refractivity contribution in [2.45, 2.75) is 36.8 Å². The topological polar surface area (TPSA) is 102 Å². The number of ether oxygens (including phenoxy) is 1. The predicted octanol–water partition coefficient (Wildman–Crippen LogP) is 1.18. The third-order valence-corrected chi connectivity index (χ3v) is 5.42. The van der Waals surface area contributed by atoms with E-state index in [1.54, 1.807) is 0 Å². The molecule has 9 heteroatoms. The van der Waals surface area contributed by atoms with Crippen LogP contribution in [0.3, 0.4) is 0 Å². The molecule has 1 aromatic carbocycles. The van der Waals surface area contributed by atoms with Crippen LogP contribution >= 0.6 is 15.9 Å². The average molecular weight is 405 g/mol. The van der Waals surface area contributed by atoms with Gasteiger partial charge >= 0.3 is 5.97 Å². The van der Waals surface area contributed by atoms with E-state index < -0.39 is 22.1 Å². The van der Waals surface area contributed by atoms with Crippen molar-refractivity contribution in [1.29, 1.82) is 0 Å². The predicted molar refractivity (Wildman–Crippen MR) is 86.4 cm³/mol. The number of carbonyl (C=O) groups excluding carboxylic acids is 2. The molecular formula is C14H17BrN2O5S. The third kappa shape index (κ3) is 4.52. The Morgan fingerprint density at radius 2 is 2.00 bits per heavy atom. The fraction of sp³-hybridized carbons (Fsp3) is 0.429. The molecule has 0 unspecified atom stereocenters. The van der Waals surface area contributed by atoms with Crippen LogP contribution in [0, 0.1) is 0 Å². The molecule has 0 radical (unpaired) electrons. The van der Waals surface area contributed by atoms with Crippen molar-refractivity contribution in [2.75, 3.05) is 7.05 Å². The molecule has 1 amide bonds. The van der Waals surface area contributed by atoms with Gasteiger partial charge in [0.15, 0.2) is 6.10 Å². The van der Waals surface area contributed by atoms with Crippen LogP contribution in [0.25, 0.3) is 0 Å². The summed E-state index contributed by atoms with van der Waals surface area (Å²) in [5.41, 5.74) is 0.0346. The number of carbonyl (C=O) groups is 2. The van der Waals surface area contributed by atoms with Gasteiger partial charge in [0.1, 0.15) is 0 Å². The van der Waals surface area contributed by atoms with Crippen molar-refractivity contribution < 1.29 is 22.7 Å². The zero-order chi connectivity index (χ0) is 17.2. The van der Waals surface area contributed by atoms with E-state index in [9.17, 15) is 18.0 Å². The maximum absolute atomic E-state index is 12.2. The molecular weight excluding hydrogens is 388 g/mol. The van der Waals surface area contributed by atoms with Gasteiger partial charge in [-0.15, -0.1) is 0 Å². The van der Waals surface area contributed by atoms with Crippen molar-refractivity contribution in [1.82, 2.24) is 10.0 Å². The van der Waals surface area contributed by atoms with Crippen LogP contribution in [0.2, 0.25) is 0 Å². The normalized spacial score (nSPS) is 15.8. The monoisotopic (exact) mass is 404 g/mol. The highest BCUT2D eigenvalue weighted by Crippen LogP contribution is 2.23. The van der Waals surface area contributed by atoms with E-state index >= 15 is 0 Å². The largest absolute Gasteiger partial charge is 0.449 e. The molecule has 0 aromatic heterocycles. The standard InChI is InChI=1S/C14H17BrN2O5S/c1-8(13(18)17-9-3-4-9)22-14(19)11-7-10(5-6-12(11)15)23(20,21)16-2/h5-9,16H,3-4H2,1-2H3,(H,17,18)/t8-/m0/s1. The number of esters is 1. The molecule has 1 aliphatic rings. The Labute approximate surface area is 143 Å². The first-order valence-electron chi connectivity index (χ1n) is 6.99. The van der Waals surface area contributed by atoms with Crippen LogP contribution in [0.5, 0.6) is 0 Å². The van der Waals surface area contributed by atoms with Gasteiger partial charge in [0.25, 0.3) is 5.91 Å². The number of amides is 1. The molecule has 0 heterocycles. The summed E-state index contributed by atoms with van der Waals surface area (Å²) < 4.78 is 31.3. The lowest BCUT2D eigenvalue weighted by Gasteiger charge is -2.14. The summed E-state index contributed by atoms with van der Waals surface area (Å²) >= 11 is 3.18. The van der Waals surface area contributed by atoms with Crippen LogP contribution in [0.1, 0.15) is 30.1 Å². The van der Waals surface area contributed by atoms with E-state index in [0.717, 1.165) is 12.8 Å². The lowest BCUT2D eigenvalue weighted by atomic mass is 10.2. The van der Waals surface area contributed by atoms with Crippen LogP contribution in [0.15, 0.2) is 27.6 Å². The summed E-state index contributed by atoms with van der Waals surface area (Å²) in [6, 6.07) is 4.16. The lowest BCUT2D eigenvalue weighted by Crippen LogP contribution is -2.37. The van der Waals surface area contributed by atoms with E-state index in [0.29, 0.717) is 4.47 Å². The van der Waals surface area contributed by atoms with Crippen molar-refractivity contribution in [2.24, 2.45) is 0 Å². The first-order valence-corrected chi connectivity index (χ1v) is 9.26. The molecule has 7 nitrogen and oxygen atoms in total. The minimum absolute atomic E-state index is 0.0346. The fourth-order valence-electron chi connectivity index (χ4n) is 1.77. The van der Waals surface area contributed by atoms with Gasteiger partial charge in [-0.3, -0.25) is 4.79 Å². The SMILES string of the molecule is CNS(=O)(=O)c1ccc(Br)c(C(=O)O[C@@H](C)C(=O)NC2CC2)c1. The highest BCUT2D eigenvalue weighted by atomic mass is 79.9. The first-order chi connectivity index (χ1) is 10.7. The molecule has 23 heavy (non-hydrogen) atoms. The Morgan fingerprint density at radius 1 is 1.35 bits per heavy atom. The molecule has 0 bridgehead atoms. The van der Waals surface area contributed by atoms with Crippen LogP contribution in [0.4, 0.5) is 0 Å². The van der Waals surface area contributed by atoms with E-state index in [1.807, 2.05) is 0 Å². The second-order valence-corrected chi connectivity index (χ2v) is 7.92. The van der Waals surface area contributed by atoms with Crippen molar-refractivity contribution >= 4 is 37.8 Å². The number of halogens is 1. The fourth-order valence-corrected chi connectivity index (χ4v) is 2.93. The lowest BCUT2D eigenvalue weighted by molar-refractivity contribution is -0.129. The van der Waals surface area contributed by atoms with E-state index in [-0.39, 0.29) is 22.4 Å². The quantitative estimate of drug-likeness (QED) is 0.693. The third-order valence-electron chi connectivity index (χ3n) is 3.31. The summed E-state index contributed by atoms with van der Waals surface area (Å²) in [6.07, 6.45) is 0.906. The highest BCUT2D eigenvalue weighted by Gasteiger charge is 2.28. The van der Waals surface area contributed by atoms with Gasteiger partial charge in [-0.25, -0.2) is 17.9 Å². The zero-order valence-corrected chi connectivity index (χ0v) is 15.0. The van der Waals surface area contributed by atoms with Crippen molar-refractivity contribution in [3.8, 4) is 0 Å². The summed E-state index contributed by atoms with van der Waals surface area (Å²) in [7, 11) is -2.40. The molecule has 0 aliphatic heterocycles. The summed E-state index contributed by atoms with van der Waals surface area (Å²) in [5.74, 6) is -1.14. The van der Waals surface area contributed by atoms with Gasteiger partial charge in [-0.1, -0.05) is 0 Å².